The van der Waals surface area contributed by atoms with Crippen LogP contribution in [0.25, 0.3) is 0 Å². The molecule has 0 amide bonds. The van der Waals surface area contributed by atoms with E-state index >= 15 is 0 Å². The van der Waals surface area contributed by atoms with Gasteiger partial charge in [0.05, 0.1) is 0 Å². The highest BCUT2D eigenvalue weighted by Crippen LogP contribution is 2.36. The number of fused-ring (bicyclic) bond motifs is 1. The number of rotatable bonds is 1. The number of nitrogens with zero attached hydrogens (tertiary/aromatic N) is 2. The molecule has 84 valence electrons. The number of hydrogen-bond acceptors (Lipinski definition) is 2. The number of hydrogen-bond donors (Lipinski definition) is 1. The molecule has 0 bridgehead atoms. The number of nitrogens with two attached hydrogens (primary N) is 1. The van der Waals surface area contributed by atoms with Gasteiger partial charge in [0.1, 0.15) is 5.82 Å². The van der Waals surface area contributed by atoms with Crippen molar-refractivity contribution in [1.82, 2.24) is 9.55 Å². The van der Waals surface area contributed by atoms with Crippen LogP contribution in [0, 0.1) is 0 Å². The molecule has 0 aromatic carbocycles. The molecular formula is C11H18ClN3. The van der Waals surface area contributed by atoms with Gasteiger partial charge in [-0.05, 0) is 25.7 Å². The molecule has 3 rings (SSSR count). The van der Waals surface area contributed by atoms with Crippen LogP contribution in [0.4, 0.5) is 0 Å². The fourth-order valence-corrected chi connectivity index (χ4v) is 2.49. The second-order valence-corrected chi connectivity index (χ2v) is 4.64. The summed E-state index contributed by atoms with van der Waals surface area (Å²) in [6.07, 6.45) is 8.31. The Bertz CT molecular complexity index is 344. The van der Waals surface area contributed by atoms with Crippen LogP contribution in [0.5, 0.6) is 0 Å². The smallest absolute Gasteiger partial charge is 0.112 e. The molecule has 1 aromatic heterocycles. The molecule has 15 heavy (non-hydrogen) atoms. The minimum Gasteiger partial charge on any atom is -0.330 e. The van der Waals surface area contributed by atoms with Crippen LogP contribution in [0.1, 0.15) is 43.1 Å². The summed E-state index contributed by atoms with van der Waals surface area (Å²) in [6, 6.07) is 0.343. The Labute approximate surface area is 96.5 Å². The molecule has 0 spiro atoms. The van der Waals surface area contributed by atoms with Crippen molar-refractivity contribution in [2.45, 2.75) is 50.6 Å². The maximum atomic E-state index is 5.99. The van der Waals surface area contributed by atoms with Crippen molar-refractivity contribution in [3.63, 3.8) is 0 Å². The first-order chi connectivity index (χ1) is 6.84. The lowest BCUT2D eigenvalue weighted by Crippen LogP contribution is -2.33. The SMILES string of the molecule is Cl.NC1CCc2cnc(C3CCC3)n2C1. The van der Waals surface area contributed by atoms with Crippen molar-refractivity contribution in [3.8, 4) is 0 Å². The van der Waals surface area contributed by atoms with Gasteiger partial charge < -0.3 is 10.3 Å². The van der Waals surface area contributed by atoms with Gasteiger partial charge in [-0.3, -0.25) is 0 Å². The molecule has 1 saturated carbocycles. The van der Waals surface area contributed by atoms with Crippen molar-refractivity contribution in [1.29, 1.82) is 0 Å². The third-order valence-corrected chi connectivity index (χ3v) is 3.63. The van der Waals surface area contributed by atoms with Gasteiger partial charge in [0.15, 0.2) is 0 Å². The predicted octanol–water partition coefficient (Wildman–Crippen LogP) is 1.85. The van der Waals surface area contributed by atoms with E-state index in [4.69, 9.17) is 5.73 Å². The van der Waals surface area contributed by atoms with Crippen LogP contribution in [-0.2, 0) is 13.0 Å². The van der Waals surface area contributed by atoms with Crippen LogP contribution < -0.4 is 5.73 Å². The Hall–Kier alpha value is -0.540. The third-order valence-electron chi connectivity index (χ3n) is 3.63. The number of halogens is 1. The van der Waals surface area contributed by atoms with E-state index in [0.29, 0.717) is 6.04 Å². The minimum absolute atomic E-state index is 0. The molecule has 4 heteroatoms. The number of aromatic nitrogens is 2. The van der Waals surface area contributed by atoms with Gasteiger partial charge in [0.2, 0.25) is 0 Å². The highest BCUT2D eigenvalue weighted by molar-refractivity contribution is 5.85. The normalized spacial score (nSPS) is 25.3. The summed E-state index contributed by atoms with van der Waals surface area (Å²) in [5, 5.41) is 0. The Morgan fingerprint density at radius 2 is 2.13 bits per heavy atom. The highest BCUT2D eigenvalue weighted by atomic mass is 35.5. The average molecular weight is 228 g/mol. The van der Waals surface area contributed by atoms with E-state index in [1.165, 1.54) is 30.8 Å². The summed E-state index contributed by atoms with van der Waals surface area (Å²) in [6.45, 7) is 0.987. The summed E-state index contributed by atoms with van der Waals surface area (Å²) in [5.74, 6) is 2.04. The minimum atomic E-state index is 0. The zero-order valence-electron chi connectivity index (χ0n) is 8.85. The Morgan fingerprint density at radius 1 is 1.33 bits per heavy atom. The van der Waals surface area contributed by atoms with E-state index in [2.05, 4.69) is 15.7 Å². The van der Waals surface area contributed by atoms with E-state index in [1.54, 1.807) is 0 Å². The van der Waals surface area contributed by atoms with E-state index in [0.717, 1.165) is 25.3 Å². The lowest BCUT2D eigenvalue weighted by Gasteiger charge is -2.29. The van der Waals surface area contributed by atoms with Gasteiger partial charge in [-0.2, -0.15) is 0 Å². The Kier molecular flexibility index (Phi) is 3.03. The molecular weight excluding hydrogens is 210 g/mol. The third kappa shape index (κ3) is 1.79. The van der Waals surface area contributed by atoms with Gasteiger partial charge in [-0.15, -0.1) is 12.4 Å². The summed E-state index contributed by atoms with van der Waals surface area (Å²) in [5.41, 5.74) is 7.39. The molecule has 0 radical (unpaired) electrons. The second kappa shape index (κ2) is 4.14. The number of aryl methyl sites for hydroxylation is 1. The molecule has 1 aromatic rings. The first kappa shape index (κ1) is 11.0. The monoisotopic (exact) mass is 227 g/mol. The summed E-state index contributed by atoms with van der Waals surface area (Å²) in [7, 11) is 0. The lowest BCUT2D eigenvalue weighted by atomic mass is 9.84. The fourth-order valence-electron chi connectivity index (χ4n) is 2.49. The van der Waals surface area contributed by atoms with E-state index in [1.807, 2.05) is 0 Å². The molecule has 1 unspecified atom stereocenters. The topological polar surface area (TPSA) is 43.8 Å². The van der Waals surface area contributed by atoms with Crippen molar-refractivity contribution < 1.29 is 0 Å². The van der Waals surface area contributed by atoms with Crippen molar-refractivity contribution in [3.05, 3.63) is 17.7 Å². The van der Waals surface area contributed by atoms with E-state index in [-0.39, 0.29) is 12.4 Å². The van der Waals surface area contributed by atoms with Crippen molar-refractivity contribution >= 4 is 12.4 Å². The molecule has 1 fully saturated rings. The maximum absolute atomic E-state index is 5.99. The summed E-state index contributed by atoms with van der Waals surface area (Å²) < 4.78 is 2.37. The lowest BCUT2D eigenvalue weighted by molar-refractivity contribution is 0.365. The standard InChI is InChI=1S/C11H17N3.ClH/c12-9-4-5-10-6-13-11(14(10)7-9)8-2-1-3-8;/h6,8-9H,1-5,7,12H2;1H. The quantitative estimate of drug-likeness (QED) is 0.796. The van der Waals surface area contributed by atoms with E-state index in [9.17, 15) is 0 Å². The average Bonchev–Trinajstić information content (AvgIpc) is 2.46. The highest BCUT2D eigenvalue weighted by Gasteiger charge is 2.27. The maximum Gasteiger partial charge on any atom is 0.112 e. The van der Waals surface area contributed by atoms with Crippen LogP contribution in [0.3, 0.4) is 0 Å². The van der Waals surface area contributed by atoms with Crippen LogP contribution >= 0.6 is 12.4 Å². The van der Waals surface area contributed by atoms with Gasteiger partial charge in [0, 0.05) is 30.4 Å². The van der Waals surface area contributed by atoms with Gasteiger partial charge >= 0.3 is 0 Å². The van der Waals surface area contributed by atoms with Crippen molar-refractivity contribution in [2.75, 3.05) is 0 Å². The first-order valence-corrected chi connectivity index (χ1v) is 5.64. The largest absolute Gasteiger partial charge is 0.330 e. The van der Waals surface area contributed by atoms with Gasteiger partial charge in [-0.1, -0.05) is 6.42 Å². The van der Waals surface area contributed by atoms with Gasteiger partial charge in [-0.25, -0.2) is 4.98 Å². The zero-order valence-corrected chi connectivity index (χ0v) is 9.67. The molecule has 2 heterocycles. The predicted molar refractivity (Wildman–Crippen MR) is 62.4 cm³/mol. The Morgan fingerprint density at radius 3 is 2.80 bits per heavy atom. The molecule has 1 atom stereocenters. The fraction of sp³-hybridized carbons (Fsp3) is 0.727. The van der Waals surface area contributed by atoms with Crippen molar-refractivity contribution in [2.24, 2.45) is 5.73 Å². The second-order valence-electron chi connectivity index (χ2n) is 4.64. The summed E-state index contributed by atoms with van der Waals surface area (Å²) >= 11 is 0. The van der Waals surface area contributed by atoms with Crippen LogP contribution in [-0.4, -0.2) is 15.6 Å². The molecule has 0 saturated heterocycles. The molecule has 2 N–H and O–H groups in total. The molecule has 3 nitrogen and oxygen atoms in total. The molecule has 2 aliphatic rings. The Balaban J connectivity index is 0.000000853. The first-order valence-electron chi connectivity index (χ1n) is 5.64. The van der Waals surface area contributed by atoms with Crippen LogP contribution in [0.15, 0.2) is 6.20 Å². The summed E-state index contributed by atoms with van der Waals surface area (Å²) in [4.78, 5) is 4.56. The molecule has 1 aliphatic heterocycles. The molecule has 1 aliphatic carbocycles. The van der Waals surface area contributed by atoms with E-state index < -0.39 is 0 Å². The van der Waals surface area contributed by atoms with Gasteiger partial charge in [0.25, 0.3) is 0 Å². The number of imidazole rings is 1. The zero-order chi connectivity index (χ0) is 9.54. The van der Waals surface area contributed by atoms with Crippen LogP contribution in [0.2, 0.25) is 0 Å².